The molecule has 1 fully saturated rings. The molecule has 108 valence electrons. The monoisotopic (exact) mass is 301 g/mol. The number of nitrogens with one attached hydrogen (secondary N) is 1. The summed E-state index contributed by atoms with van der Waals surface area (Å²) in [6.07, 6.45) is 4.21. The highest BCUT2D eigenvalue weighted by atomic mass is 35.5. The molecule has 0 unspecified atom stereocenters. The summed E-state index contributed by atoms with van der Waals surface area (Å²) in [5.41, 5.74) is 2.19. The number of amides is 1. The fourth-order valence-corrected chi connectivity index (χ4v) is 2.54. The number of nitrogens with zero attached hydrogens (tertiary/aromatic N) is 2. The van der Waals surface area contributed by atoms with E-state index in [1.54, 1.807) is 36.5 Å². The third-order valence-corrected chi connectivity index (χ3v) is 3.81. The van der Waals surface area contributed by atoms with E-state index in [1.807, 2.05) is 6.07 Å². The number of benzene rings is 1. The molecule has 0 aliphatic carbocycles. The number of carbonyl (C=O) groups excluding carboxylic acids is 1. The first-order valence-corrected chi connectivity index (χ1v) is 7.38. The second-order valence-corrected chi connectivity index (χ2v) is 5.49. The molecule has 1 saturated heterocycles. The lowest BCUT2D eigenvalue weighted by Gasteiger charge is -2.16. The van der Waals surface area contributed by atoms with Gasteiger partial charge in [0.15, 0.2) is 0 Å². The fourth-order valence-electron chi connectivity index (χ4n) is 2.41. The van der Waals surface area contributed by atoms with Gasteiger partial charge in [0, 0.05) is 23.8 Å². The van der Waals surface area contributed by atoms with Gasteiger partial charge < -0.3 is 10.2 Å². The molecule has 1 aliphatic rings. The van der Waals surface area contributed by atoms with E-state index in [0.717, 1.165) is 18.8 Å². The van der Waals surface area contributed by atoms with E-state index in [2.05, 4.69) is 15.2 Å². The standard InChI is InChI=1S/C16H16ClN3O/c17-12-3-5-13(6-4-12)19-16(21)15-8-7-14(11-18-15)20-9-1-2-10-20/h3-8,11H,1-2,9-10H2,(H,19,21). The summed E-state index contributed by atoms with van der Waals surface area (Å²) in [5.74, 6) is -0.217. The average Bonchev–Trinajstić information content (AvgIpc) is 3.04. The quantitative estimate of drug-likeness (QED) is 0.942. The molecule has 5 heteroatoms. The molecule has 1 amide bonds. The van der Waals surface area contributed by atoms with Gasteiger partial charge in [-0.25, -0.2) is 4.98 Å². The third-order valence-electron chi connectivity index (χ3n) is 3.55. The van der Waals surface area contributed by atoms with E-state index in [-0.39, 0.29) is 5.91 Å². The van der Waals surface area contributed by atoms with E-state index >= 15 is 0 Å². The minimum atomic E-state index is -0.217. The maximum absolute atomic E-state index is 12.1. The molecule has 0 bridgehead atoms. The van der Waals surface area contributed by atoms with Crippen molar-refractivity contribution in [3.63, 3.8) is 0 Å². The predicted octanol–water partition coefficient (Wildman–Crippen LogP) is 3.59. The molecule has 4 nitrogen and oxygen atoms in total. The average molecular weight is 302 g/mol. The van der Waals surface area contributed by atoms with Gasteiger partial charge in [0.1, 0.15) is 5.69 Å². The SMILES string of the molecule is O=C(Nc1ccc(Cl)cc1)c1ccc(N2CCCC2)cn1. The molecule has 0 radical (unpaired) electrons. The fraction of sp³-hybridized carbons (Fsp3) is 0.250. The zero-order valence-electron chi connectivity index (χ0n) is 11.6. The molecular weight excluding hydrogens is 286 g/mol. The van der Waals surface area contributed by atoms with Crippen molar-refractivity contribution in [2.75, 3.05) is 23.3 Å². The van der Waals surface area contributed by atoms with Crippen LogP contribution < -0.4 is 10.2 Å². The first kappa shape index (κ1) is 13.9. The van der Waals surface area contributed by atoms with Gasteiger partial charge in [-0.2, -0.15) is 0 Å². The van der Waals surface area contributed by atoms with Crippen LogP contribution in [0.3, 0.4) is 0 Å². The van der Waals surface area contributed by atoms with Gasteiger partial charge in [-0.3, -0.25) is 4.79 Å². The van der Waals surface area contributed by atoms with Gasteiger partial charge in [0.25, 0.3) is 5.91 Å². The molecule has 1 N–H and O–H groups in total. The summed E-state index contributed by atoms with van der Waals surface area (Å²) < 4.78 is 0. The van der Waals surface area contributed by atoms with Crippen molar-refractivity contribution in [3.05, 3.63) is 53.3 Å². The van der Waals surface area contributed by atoms with Crippen molar-refractivity contribution >= 4 is 28.9 Å². The summed E-state index contributed by atoms with van der Waals surface area (Å²) in [6.45, 7) is 2.13. The van der Waals surface area contributed by atoms with Gasteiger partial charge in [-0.15, -0.1) is 0 Å². The normalized spacial score (nSPS) is 14.2. The number of hydrogen-bond acceptors (Lipinski definition) is 3. The van der Waals surface area contributed by atoms with E-state index in [4.69, 9.17) is 11.6 Å². The van der Waals surface area contributed by atoms with Crippen molar-refractivity contribution < 1.29 is 4.79 Å². The highest BCUT2D eigenvalue weighted by molar-refractivity contribution is 6.30. The molecular formula is C16H16ClN3O. The lowest BCUT2D eigenvalue weighted by molar-refractivity contribution is 0.102. The lowest BCUT2D eigenvalue weighted by Crippen LogP contribution is -2.19. The summed E-state index contributed by atoms with van der Waals surface area (Å²) >= 11 is 5.82. The molecule has 2 heterocycles. The van der Waals surface area contributed by atoms with Crippen molar-refractivity contribution in [3.8, 4) is 0 Å². The van der Waals surface area contributed by atoms with Gasteiger partial charge in [0.2, 0.25) is 0 Å². The number of hydrogen-bond donors (Lipinski definition) is 1. The molecule has 2 aromatic rings. The number of halogens is 1. The van der Waals surface area contributed by atoms with Gasteiger partial charge in [-0.1, -0.05) is 11.6 Å². The Morgan fingerprint density at radius 3 is 2.43 bits per heavy atom. The van der Waals surface area contributed by atoms with Crippen LogP contribution in [0.5, 0.6) is 0 Å². The highest BCUT2D eigenvalue weighted by Crippen LogP contribution is 2.19. The van der Waals surface area contributed by atoms with Crippen molar-refractivity contribution in [2.24, 2.45) is 0 Å². The van der Waals surface area contributed by atoms with Crippen LogP contribution in [0.25, 0.3) is 0 Å². The molecule has 1 aromatic carbocycles. The van der Waals surface area contributed by atoms with E-state index in [1.165, 1.54) is 12.8 Å². The summed E-state index contributed by atoms with van der Waals surface area (Å²) in [7, 11) is 0. The van der Waals surface area contributed by atoms with E-state index in [9.17, 15) is 4.79 Å². The minimum Gasteiger partial charge on any atom is -0.370 e. The van der Waals surface area contributed by atoms with Crippen molar-refractivity contribution in [1.29, 1.82) is 0 Å². The highest BCUT2D eigenvalue weighted by Gasteiger charge is 2.14. The van der Waals surface area contributed by atoms with Crippen LogP contribution >= 0.6 is 11.6 Å². The Morgan fingerprint density at radius 1 is 1.10 bits per heavy atom. The topological polar surface area (TPSA) is 45.2 Å². The van der Waals surface area contributed by atoms with Crippen LogP contribution in [0.4, 0.5) is 11.4 Å². The third kappa shape index (κ3) is 3.34. The zero-order valence-corrected chi connectivity index (χ0v) is 12.3. The number of rotatable bonds is 3. The molecule has 1 aliphatic heterocycles. The summed E-state index contributed by atoms with van der Waals surface area (Å²) in [6, 6.07) is 10.7. The summed E-state index contributed by atoms with van der Waals surface area (Å²) in [5, 5.41) is 3.44. The van der Waals surface area contributed by atoms with Gasteiger partial charge in [0.05, 0.1) is 11.9 Å². The zero-order chi connectivity index (χ0) is 14.7. The van der Waals surface area contributed by atoms with Crippen molar-refractivity contribution in [2.45, 2.75) is 12.8 Å². The second kappa shape index (κ2) is 6.14. The Balaban J connectivity index is 1.68. The lowest BCUT2D eigenvalue weighted by atomic mass is 10.2. The molecule has 3 rings (SSSR count). The molecule has 1 aromatic heterocycles. The number of aromatic nitrogens is 1. The Labute approximate surface area is 128 Å². The van der Waals surface area contributed by atoms with Crippen LogP contribution in [0.15, 0.2) is 42.6 Å². The van der Waals surface area contributed by atoms with Crippen LogP contribution in [0.1, 0.15) is 23.3 Å². The molecule has 21 heavy (non-hydrogen) atoms. The van der Waals surface area contributed by atoms with Crippen molar-refractivity contribution in [1.82, 2.24) is 4.98 Å². The minimum absolute atomic E-state index is 0.217. The Hall–Kier alpha value is -2.07. The van der Waals surface area contributed by atoms with E-state index in [0.29, 0.717) is 16.4 Å². The van der Waals surface area contributed by atoms with Gasteiger partial charge >= 0.3 is 0 Å². The first-order chi connectivity index (χ1) is 10.2. The van der Waals surface area contributed by atoms with Crippen LogP contribution in [0.2, 0.25) is 5.02 Å². The Kier molecular flexibility index (Phi) is 4.06. The van der Waals surface area contributed by atoms with Crippen LogP contribution in [-0.2, 0) is 0 Å². The van der Waals surface area contributed by atoms with E-state index < -0.39 is 0 Å². The Bertz CT molecular complexity index is 619. The molecule has 0 saturated carbocycles. The summed E-state index contributed by atoms with van der Waals surface area (Å²) in [4.78, 5) is 18.7. The Morgan fingerprint density at radius 2 is 1.81 bits per heavy atom. The predicted molar refractivity (Wildman–Crippen MR) is 85.1 cm³/mol. The smallest absolute Gasteiger partial charge is 0.274 e. The number of anilines is 2. The maximum Gasteiger partial charge on any atom is 0.274 e. The molecule has 0 spiro atoms. The maximum atomic E-state index is 12.1. The van der Waals surface area contributed by atoms with Crippen LogP contribution in [0, 0.1) is 0 Å². The molecule has 0 atom stereocenters. The van der Waals surface area contributed by atoms with Gasteiger partial charge in [-0.05, 0) is 49.2 Å². The largest absolute Gasteiger partial charge is 0.370 e. The second-order valence-electron chi connectivity index (χ2n) is 5.06. The first-order valence-electron chi connectivity index (χ1n) is 7.00. The number of carbonyl (C=O) groups is 1. The van der Waals surface area contributed by atoms with Crippen LogP contribution in [-0.4, -0.2) is 24.0 Å². The number of pyridine rings is 1.